The number of aliphatic hydroxyl groups excluding tert-OH is 1. The standard InChI is InChI=1S/C30H43F2N3O6S/c1-4-8-25(9-5-2)42(40,41)19-26(33)29(37)34-27(15-22-13-23(31)16-24(32)14-22)28(36)18-35(30(38)39)17-21-11-7-10-20(6-3)12-21/h7,10-14,16,25-28,36H,4-6,8-9,15,17-19,33H2,1-3H3,(H,34,37)(H,38,39)/t26-,27-,28+/m0/s1. The van der Waals surface area contributed by atoms with Crippen LogP contribution in [0.2, 0.25) is 0 Å². The summed E-state index contributed by atoms with van der Waals surface area (Å²) in [6, 6.07) is 7.33. The molecule has 2 rings (SSSR count). The first-order valence-corrected chi connectivity index (χ1v) is 16.0. The van der Waals surface area contributed by atoms with Crippen LogP contribution in [-0.2, 0) is 34.0 Å². The van der Waals surface area contributed by atoms with Crippen molar-refractivity contribution in [2.24, 2.45) is 5.73 Å². The van der Waals surface area contributed by atoms with Crippen LogP contribution >= 0.6 is 0 Å². The Bertz CT molecular complexity index is 1270. The minimum absolute atomic E-state index is 0.0521. The Morgan fingerprint density at radius 1 is 0.976 bits per heavy atom. The molecule has 234 valence electrons. The average molecular weight is 612 g/mol. The molecule has 0 spiro atoms. The maximum Gasteiger partial charge on any atom is 0.407 e. The highest BCUT2D eigenvalue weighted by molar-refractivity contribution is 7.92. The van der Waals surface area contributed by atoms with Crippen molar-refractivity contribution in [1.29, 1.82) is 0 Å². The second kappa shape index (κ2) is 16.5. The van der Waals surface area contributed by atoms with Crippen molar-refractivity contribution in [3.63, 3.8) is 0 Å². The number of nitrogens with two attached hydrogens (primary N) is 1. The smallest absolute Gasteiger partial charge is 0.407 e. The number of carbonyl (C=O) groups excluding carboxylic acids is 1. The summed E-state index contributed by atoms with van der Waals surface area (Å²) in [5.74, 6) is -3.24. The van der Waals surface area contributed by atoms with Crippen molar-refractivity contribution >= 4 is 21.8 Å². The van der Waals surface area contributed by atoms with Gasteiger partial charge in [0.25, 0.3) is 0 Å². The maximum absolute atomic E-state index is 13.9. The number of rotatable bonds is 17. The van der Waals surface area contributed by atoms with Crippen LogP contribution in [0.4, 0.5) is 13.6 Å². The number of benzene rings is 2. The van der Waals surface area contributed by atoms with Crippen molar-refractivity contribution in [2.75, 3.05) is 12.3 Å². The van der Waals surface area contributed by atoms with Gasteiger partial charge >= 0.3 is 6.09 Å². The number of hydrogen-bond donors (Lipinski definition) is 4. The summed E-state index contributed by atoms with van der Waals surface area (Å²) in [7, 11) is -3.72. The molecule has 2 aromatic rings. The number of aryl methyl sites for hydroxylation is 1. The summed E-state index contributed by atoms with van der Waals surface area (Å²) in [5, 5.41) is 22.8. The molecule has 0 heterocycles. The second-order valence-electron chi connectivity index (χ2n) is 10.6. The summed E-state index contributed by atoms with van der Waals surface area (Å²) in [6.07, 6.45) is -0.212. The van der Waals surface area contributed by atoms with Crippen LogP contribution in [0.15, 0.2) is 42.5 Å². The summed E-state index contributed by atoms with van der Waals surface area (Å²) in [5.41, 5.74) is 7.80. The monoisotopic (exact) mass is 611 g/mol. The zero-order valence-electron chi connectivity index (χ0n) is 24.4. The lowest BCUT2D eigenvalue weighted by atomic mass is 9.99. The van der Waals surface area contributed by atoms with Crippen molar-refractivity contribution in [1.82, 2.24) is 10.2 Å². The molecule has 0 unspecified atom stereocenters. The van der Waals surface area contributed by atoms with Gasteiger partial charge in [-0.1, -0.05) is 57.9 Å². The van der Waals surface area contributed by atoms with Gasteiger partial charge in [0, 0.05) is 12.6 Å². The molecular formula is C30H43F2N3O6S. The van der Waals surface area contributed by atoms with E-state index >= 15 is 0 Å². The van der Waals surface area contributed by atoms with E-state index in [0.29, 0.717) is 37.3 Å². The van der Waals surface area contributed by atoms with E-state index in [0.717, 1.165) is 29.0 Å². The van der Waals surface area contributed by atoms with Gasteiger partial charge in [-0.05, 0) is 54.5 Å². The molecule has 0 aliphatic rings. The molecule has 0 saturated heterocycles. The molecule has 0 aromatic heterocycles. The van der Waals surface area contributed by atoms with Crippen LogP contribution < -0.4 is 11.1 Å². The largest absolute Gasteiger partial charge is 0.465 e. The zero-order valence-corrected chi connectivity index (χ0v) is 25.2. The molecule has 9 nitrogen and oxygen atoms in total. The van der Waals surface area contributed by atoms with E-state index in [1.807, 2.05) is 32.9 Å². The van der Waals surface area contributed by atoms with Crippen LogP contribution in [0.3, 0.4) is 0 Å². The molecule has 3 atom stereocenters. The Balaban J connectivity index is 2.28. The van der Waals surface area contributed by atoms with Gasteiger partial charge in [0.05, 0.1) is 35.7 Å². The number of carboxylic acid groups (broad SMARTS) is 1. The van der Waals surface area contributed by atoms with E-state index in [2.05, 4.69) is 5.32 Å². The maximum atomic E-state index is 13.9. The third-order valence-corrected chi connectivity index (χ3v) is 9.41. The number of hydrogen-bond acceptors (Lipinski definition) is 6. The van der Waals surface area contributed by atoms with Crippen molar-refractivity contribution in [3.8, 4) is 0 Å². The Morgan fingerprint density at radius 3 is 2.12 bits per heavy atom. The van der Waals surface area contributed by atoms with E-state index in [9.17, 15) is 37.0 Å². The van der Waals surface area contributed by atoms with E-state index in [1.54, 1.807) is 12.1 Å². The van der Waals surface area contributed by atoms with Crippen LogP contribution in [0, 0.1) is 11.6 Å². The molecule has 2 amide bonds. The number of amides is 2. The van der Waals surface area contributed by atoms with Crippen molar-refractivity contribution in [3.05, 3.63) is 70.8 Å². The van der Waals surface area contributed by atoms with E-state index in [4.69, 9.17) is 5.73 Å². The fourth-order valence-electron chi connectivity index (χ4n) is 4.90. The summed E-state index contributed by atoms with van der Waals surface area (Å²) < 4.78 is 53.8. The first kappa shape index (κ1) is 35.1. The Hall–Kier alpha value is -3.09. The molecule has 0 bridgehead atoms. The van der Waals surface area contributed by atoms with Gasteiger partial charge in [-0.25, -0.2) is 22.0 Å². The number of halogens is 2. The van der Waals surface area contributed by atoms with Gasteiger partial charge in [-0.15, -0.1) is 0 Å². The number of sulfone groups is 1. The van der Waals surface area contributed by atoms with Gasteiger partial charge in [-0.3, -0.25) is 4.79 Å². The van der Waals surface area contributed by atoms with E-state index in [-0.39, 0.29) is 18.5 Å². The predicted octanol–water partition coefficient (Wildman–Crippen LogP) is 3.81. The summed E-state index contributed by atoms with van der Waals surface area (Å²) in [6.45, 7) is 5.20. The van der Waals surface area contributed by atoms with Gasteiger partial charge in [0.15, 0.2) is 9.84 Å². The van der Waals surface area contributed by atoms with E-state index in [1.165, 1.54) is 0 Å². The van der Waals surface area contributed by atoms with E-state index < -0.39 is 69.2 Å². The number of aliphatic hydroxyl groups is 1. The van der Waals surface area contributed by atoms with Gasteiger partial charge in [0.1, 0.15) is 11.6 Å². The average Bonchev–Trinajstić information content (AvgIpc) is 2.91. The Kier molecular flexibility index (Phi) is 13.8. The molecular weight excluding hydrogens is 568 g/mol. The number of carbonyl (C=O) groups is 2. The molecule has 0 aliphatic heterocycles. The van der Waals surface area contributed by atoms with Crippen molar-refractivity contribution in [2.45, 2.75) is 89.3 Å². The van der Waals surface area contributed by atoms with Crippen LogP contribution in [0.25, 0.3) is 0 Å². The number of nitrogens with zero attached hydrogens (tertiary/aromatic N) is 1. The first-order valence-electron chi connectivity index (χ1n) is 14.3. The summed E-state index contributed by atoms with van der Waals surface area (Å²) in [4.78, 5) is 26.1. The molecule has 0 radical (unpaired) electrons. The molecule has 42 heavy (non-hydrogen) atoms. The molecule has 5 N–H and O–H groups in total. The minimum atomic E-state index is -3.72. The third kappa shape index (κ3) is 11.0. The number of nitrogens with one attached hydrogen (secondary N) is 1. The first-order chi connectivity index (χ1) is 19.8. The van der Waals surface area contributed by atoms with Gasteiger partial charge in [-0.2, -0.15) is 0 Å². The minimum Gasteiger partial charge on any atom is -0.465 e. The quantitative estimate of drug-likeness (QED) is 0.213. The van der Waals surface area contributed by atoms with Gasteiger partial charge in [0.2, 0.25) is 5.91 Å². The lowest BCUT2D eigenvalue weighted by molar-refractivity contribution is -0.123. The fourth-order valence-corrected chi connectivity index (χ4v) is 7.01. The highest BCUT2D eigenvalue weighted by atomic mass is 32.2. The highest BCUT2D eigenvalue weighted by Gasteiger charge is 2.32. The predicted molar refractivity (Wildman–Crippen MR) is 158 cm³/mol. The second-order valence-corrected chi connectivity index (χ2v) is 13.0. The van der Waals surface area contributed by atoms with Crippen LogP contribution in [0.1, 0.15) is 63.1 Å². The third-order valence-electron chi connectivity index (χ3n) is 7.10. The van der Waals surface area contributed by atoms with Crippen LogP contribution in [-0.4, -0.2) is 71.3 Å². The van der Waals surface area contributed by atoms with Gasteiger partial charge < -0.3 is 26.2 Å². The molecule has 0 saturated carbocycles. The Morgan fingerprint density at radius 2 is 1.57 bits per heavy atom. The topological polar surface area (TPSA) is 150 Å². The van der Waals surface area contributed by atoms with Crippen LogP contribution in [0.5, 0.6) is 0 Å². The molecule has 2 aromatic carbocycles. The molecule has 0 aliphatic carbocycles. The molecule has 0 fully saturated rings. The lowest BCUT2D eigenvalue weighted by Gasteiger charge is -2.30. The Labute approximate surface area is 247 Å². The SMILES string of the molecule is CCCC(CCC)S(=O)(=O)C[C@H](N)C(=O)N[C@@H](Cc1cc(F)cc(F)c1)[C@H](O)CN(Cc1cccc(CC)c1)C(=O)O. The summed E-state index contributed by atoms with van der Waals surface area (Å²) >= 11 is 0. The lowest BCUT2D eigenvalue weighted by Crippen LogP contribution is -2.55. The highest BCUT2D eigenvalue weighted by Crippen LogP contribution is 2.18. The fraction of sp³-hybridized carbons (Fsp3) is 0.533. The molecule has 12 heteroatoms. The zero-order chi connectivity index (χ0) is 31.4. The van der Waals surface area contributed by atoms with Crippen molar-refractivity contribution < 1.29 is 37.0 Å². The normalized spacial score (nSPS) is 13.9.